The summed E-state index contributed by atoms with van der Waals surface area (Å²) < 4.78 is 1.84. The molecule has 0 radical (unpaired) electrons. The van der Waals surface area contributed by atoms with E-state index in [1.54, 1.807) is 0 Å². The van der Waals surface area contributed by atoms with Crippen LogP contribution in [0.5, 0.6) is 0 Å². The maximum atomic E-state index is 12.5. The smallest absolute Gasteiger partial charge is 0.224 e. The van der Waals surface area contributed by atoms with Gasteiger partial charge in [0.05, 0.1) is 23.0 Å². The summed E-state index contributed by atoms with van der Waals surface area (Å²) in [7, 11) is 0. The maximum absolute atomic E-state index is 12.5. The fourth-order valence-electron chi connectivity index (χ4n) is 3.36. The molecule has 1 amide bonds. The first kappa shape index (κ1) is 18.9. The van der Waals surface area contributed by atoms with Gasteiger partial charge in [-0.1, -0.05) is 41.4 Å². The van der Waals surface area contributed by atoms with Crippen LogP contribution in [0.4, 0.5) is 0 Å². The number of carbonyl (C=O) groups is 1. The Bertz CT molecular complexity index is 761. The average Bonchev–Trinajstić information content (AvgIpc) is 2.89. The zero-order valence-electron chi connectivity index (χ0n) is 15.8. The number of aryl methyl sites for hydroxylation is 3. The van der Waals surface area contributed by atoms with Gasteiger partial charge in [-0.3, -0.25) is 14.4 Å². The molecule has 1 aliphatic rings. The van der Waals surface area contributed by atoms with Gasteiger partial charge < -0.3 is 4.90 Å². The SMILES string of the molecule is Cc1ccc(CN2CCN(C(=O)CCn3nc(C)c(Cl)c3C)CC2)cc1. The molecule has 0 bridgehead atoms. The van der Waals surface area contributed by atoms with Gasteiger partial charge >= 0.3 is 0 Å². The molecule has 1 aromatic carbocycles. The number of hydrogen-bond acceptors (Lipinski definition) is 3. The second kappa shape index (κ2) is 8.23. The summed E-state index contributed by atoms with van der Waals surface area (Å²) in [5, 5.41) is 5.09. The van der Waals surface area contributed by atoms with E-state index in [0.717, 1.165) is 44.1 Å². The van der Waals surface area contributed by atoms with Gasteiger partial charge in [-0.25, -0.2) is 0 Å². The lowest BCUT2D eigenvalue weighted by atomic mass is 10.1. The molecule has 0 spiro atoms. The minimum Gasteiger partial charge on any atom is -0.340 e. The number of benzene rings is 1. The molecular formula is C20H27ClN4O. The van der Waals surface area contributed by atoms with Gasteiger partial charge in [0.25, 0.3) is 0 Å². The number of amides is 1. The molecule has 0 atom stereocenters. The van der Waals surface area contributed by atoms with E-state index in [-0.39, 0.29) is 5.91 Å². The lowest BCUT2D eigenvalue weighted by Gasteiger charge is -2.34. The second-order valence-electron chi connectivity index (χ2n) is 7.10. The third-order valence-electron chi connectivity index (χ3n) is 5.08. The number of carbonyl (C=O) groups excluding carboxylic acids is 1. The minimum absolute atomic E-state index is 0.198. The van der Waals surface area contributed by atoms with Crippen molar-refractivity contribution in [2.24, 2.45) is 0 Å². The molecule has 140 valence electrons. The third kappa shape index (κ3) is 4.46. The van der Waals surface area contributed by atoms with E-state index < -0.39 is 0 Å². The number of nitrogens with zero attached hydrogens (tertiary/aromatic N) is 4. The molecule has 2 aromatic rings. The zero-order chi connectivity index (χ0) is 18.7. The molecule has 26 heavy (non-hydrogen) atoms. The Balaban J connectivity index is 1.46. The number of rotatable bonds is 5. The standard InChI is InChI=1S/C20H27ClN4O/c1-15-4-6-18(7-5-15)14-23-10-12-24(13-11-23)19(26)8-9-25-17(3)20(21)16(2)22-25/h4-7H,8-14H2,1-3H3. The van der Waals surface area contributed by atoms with Crippen LogP contribution < -0.4 is 0 Å². The van der Waals surface area contributed by atoms with Gasteiger partial charge in [-0.15, -0.1) is 0 Å². The summed E-state index contributed by atoms with van der Waals surface area (Å²) in [5.74, 6) is 0.198. The highest BCUT2D eigenvalue weighted by Gasteiger charge is 2.21. The first-order chi connectivity index (χ1) is 12.4. The molecule has 1 aromatic heterocycles. The quantitative estimate of drug-likeness (QED) is 0.807. The van der Waals surface area contributed by atoms with Gasteiger partial charge in [0.1, 0.15) is 0 Å². The van der Waals surface area contributed by atoms with Crippen LogP contribution in [-0.2, 0) is 17.9 Å². The molecule has 0 saturated carbocycles. The van der Waals surface area contributed by atoms with Crippen molar-refractivity contribution in [2.45, 2.75) is 40.3 Å². The lowest BCUT2D eigenvalue weighted by molar-refractivity contribution is -0.133. The predicted molar refractivity (Wildman–Crippen MR) is 104 cm³/mol. The number of aromatic nitrogens is 2. The van der Waals surface area contributed by atoms with Crippen molar-refractivity contribution in [3.8, 4) is 0 Å². The summed E-state index contributed by atoms with van der Waals surface area (Å²) >= 11 is 6.17. The van der Waals surface area contributed by atoms with Gasteiger partial charge in [-0.05, 0) is 26.3 Å². The Morgan fingerprint density at radius 1 is 1.08 bits per heavy atom. The van der Waals surface area contributed by atoms with Gasteiger partial charge in [-0.2, -0.15) is 5.10 Å². The van der Waals surface area contributed by atoms with Crippen molar-refractivity contribution in [3.63, 3.8) is 0 Å². The fraction of sp³-hybridized carbons (Fsp3) is 0.500. The van der Waals surface area contributed by atoms with Crippen LogP contribution in [0, 0.1) is 20.8 Å². The fourth-order valence-corrected chi connectivity index (χ4v) is 3.49. The Kier molecular flexibility index (Phi) is 5.99. The number of halogens is 1. The highest BCUT2D eigenvalue weighted by molar-refractivity contribution is 6.31. The molecule has 3 rings (SSSR count). The largest absolute Gasteiger partial charge is 0.340 e. The van der Waals surface area contributed by atoms with Crippen LogP contribution in [-0.4, -0.2) is 51.7 Å². The van der Waals surface area contributed by atoms with Gasteiger partial charge in [0, 0.05) is 39.1 Å². The monoisotopic (exact) mass is 374 g/mol. The Morgan fingerprint density at radius 3 is 2.31 bits per heavy atom. The molecule has 0 aliphatic carbocycles. The Morgan fingerprint density at radius 2 is 1.73 bits per heavy atom. The molecule has 1 aliphatic heterocycles. The summed E-state index contributed by atoms with van der Waals surface area (Å²) in [6, 6.07) is 8.68. The maximum Gasteiger partial charge on any atom is 0.224 e. The normalized spacial score (nSPS) is 15.5. The van der Waals surface area contributed by atoms with Crippen molar-refractivity contribution in [2.75, 3.05) is 26.2 Å². The minimum atomic E-state index is 0.198. The molecule has 1 saturated heterocycles. The molecular weight excluding hydrogens is 348 g/mol. The van der Waals surface area contributed by atoms with Crippen LogP contribution in [0.2, 0.25) is 5.02 Å². The van der Waals surface area contributed by atoms with Crippen molar-refractivity contribution in [1.82, 2.24) is 19.6 Å². The van der Waals surface area contributed by atoms with E-state index in [9.17, 15) is 4.79 Å². The summed E-state index contributed by atoms with van der Waals surface area (Å²) in [6.07, 6.45) is 0.469. The second-order valence-corrected chi connectivity index (χ2v) is 7.48. The van der Waals surface area contributed by atoms with E-state index in [2.05, 4.69) is 41.2 Å². The van der Waals surface area contributed by atoms with E-state index in [4.69, 9.17) is 11.6 Å². The summed E-state index contributed by atoms with van der Waals surface area (Å²) in [6.45, 7) is 10.9. The zero-order valence-corrected chi connectivity index (χ0v) is 16.6. The third-order valence-corrected chi connectivity index (χ3v) is 5.63. The molecule has 1 fully saturated rings. The van der Waals surface area contributed by atoms with Crippen LogP contribution in [0.25, 0.3) is 0 Å². The van der Waals surface area contributed by atoms with E-state index in [1.165, 1.54) is 11.1 Å². The highest BCUT2D eigenvalue weighted by atomic mass is 35.5. The van der Waals surface area contributed by atoms with Crippen LogP contribution in [0.15, 0.2) is 24.3 Å². The topological polar surface area (TPSA) is 41.4 Å². The molecule has 0 unspecified atom stereocenters. The average molecular weight is 375 g/mol. The lowest BCUT2D eigenvalue weighted by Crippen LogP contribution is -2.48. The highest BCUT2D eigenvalue weighted by Crippen LogP contribution is 2.19. The predicted octanol–water partition coefficient (Wildman–Crippen LogP) is 3.20. The van der Waals surface area contributed by atoms with Crippen molar-refractivity contribution in [1.29, 1.82) is 0 Å². The van der Waals surface area contributed by atoms with E-state index in [1.807, 2.05) is 23.4 Å². The van der Waals surface area contributed by atoms with E-state index >= 15 is 0 Å². The van der Waals surface area contributed by atoms with Crippen LogP contribution in [0.1, 0.15) is 28.9 Å². The van der Waals surface area contributed by atoms with Crippen LogP contribution in [0.3, 0.4) is 0 Å². The Labute approximate surface area is 160 Å². The summed E-state index contributed by atoms with van der Waals surface area (Å²) in [5.41, 5.74) is 4.37. The molecule has 0 N–H and O–H groups in total. The number of piperazine rings is 1. The van der Waals surface area contributed by atoms with Crippen LogP contribution >= 0.6 is 11.6 Å². The number of hydrogen-bond donors (Lipinski definition) is 0. The first-order valence-electron chi connectivity index (χ1n) is 9.19. The molecule has 2 heterocycles. The van der Waals surface area contributed by atoms with Crippen molar-refractivity contribution < 1.29 is 4.79 Å². The van der Waals surface area contributed by atoms with E-state index in [0.29, 0.717) is 18.0 Å². The van der Waals surface area contributed by atoms with Crippen molar-refractivity contribution in [3.05, 3.63) is 51.8 Å². The van der Waals surface area contributed by atoms with Gasteiger partial charge in [0.15, 0.2) is 0 Å². The summed E-state index contributed by atoms with van der Waals surface area (Å²) in [4.78, 5) is 16.9. The Hall–Kier alpha value is -1.85. The molecule has 6 heteroatoms. The molecule has 5 nitrogen and oxygen atoms in total. The van der Waals surface area contributed by atoms with Gasteiger partial charge in [0.2, 0.25) is 5.91 Å². The first-order valence-corrected chi connectivity index (χ1v) is 9.57. The van der Waals surface area contributed by atoms with Crippen molar-refractivity contribution >= 4 is 17.5 Å².